The molecule has 1 aromatic carbocycles. The number of fused-ring (bicyclic) bond motifs is 2. The Morgan fingerprint density at radius 3 is 2.25 bits per heavy atom. The molecule has 134 valence electrons. The van der Waals surface area contributed by atoms with Crippen LogP contribution in [-0.2, 0) is 20.0 Å². The number of sulfonamides is 2. The van der Waals surface area contributed by atoms with Crippen LogP contribution in [0.15, 0.2) is 23.1 Å². The van der Waals surface area contributed by atoms with Gasteiger partial charge in [0.25, 0.3) is 0 Å². The largest absolute Gasteiger partial charge is 0.241 e. The van der Waals surface area contributed by atoms with Gasteiger partial charge in [-0.25, -0.2) is 21.6 Å². The molecule has 3 atom stereocenters. The molecule has 1 unspecified atom stereocenters. The van der Waals surface area contributed by atoms with Gasteiger partial charge < -0.3 is 0 Å². The van der Waals surface area contributed by atoms with Gasteiger partial charge in [0.15, 0.2) is 0 Å². The molecule has 2 bridgehead atoms. The molecule has 24 heavy (non-hydrogen) atoms. The van der Waals surface area contributed by atoms with Crippen LogP contribution in [0, 0.1) is 6.92 Å². The third kappa shape index (κ3) is 3.48. The molecule has 0 amide bonds. The van der Waals surface area contributed by atoms with E-state index in [-0.39, 0.29) is 23.0 Å². The van der Waals surface area contributed by atoms with Crippen molar-refractivity contribution in [2.45, 2.75) is 55.6 Å². The van der Waals surface area contributed by atoms with E-state index in [0.29, 0.717) is 23.4 Å². The first-order valence-corrected chi connectivity index (χ1v) is 11.6. The van der Waals surface area contributed by atoms with Crippen molar-refractivity contribution in [2.75, 3.05) is 6.26 Å². The number of piperidine rings is 1. The van der Waals surface area contributed by atoms with Gasteiger partial charge >= 0.3 is 0 Å². The van der Waals surface area contributed by atoms with Gasteiger partial charge in [0.05, 0.1) is 11.2 Å². The molecule has 0 aliphatic carbocycles. The smallest absolute Gasteiger partial charge is 0.212 e. The van der Waals surface area contributed by atoms with E-state index in [9.17, 15) is 16.8 Å². The fourth-order valence-corrected chi connectivity index (χ4v) is 7.15. The highest BCUT2D eigenvalue weighted by Gasteiger charge is 2.46. The molecule has 0 saturated carbocycles. The topological polar surface area (TPSA) is 83.6 Å². The molecule has 3 rings (SSSR count). The minimum Gasteiger partial charge on any atom is -0.212 e. The Morgan fingerprint density at radius 1 is 1.12 bits per heavy atom. The highest BCUT2D eigenvalue weighted by Crippen LogP contribution is 2.38. The lowest BCUT2D eigenvalue weighted by Gasteiger charge is -2.37. The summed E-state index contributed by atoms with van der Waals surface area (Å²) in [5.74, 6) is 0. The van der Waals surface area contributed by atoms with Crippen LogP contribution < -0.4 is 4.72 Å². The second kappa shape index (κ2) is 6.25. The van der Waals surface area contributed by atoms with Crippen molar-refractivity contribution in [2.24, 2.45) is 0 Å². The van der Waals surface area contributed by atoms with Crippen LogP contribution in [-0.4, -0.2) is 45.5 Å². The first kappa shape index (κ1) is 18.1. The van der Waals surface area contributed by atoms with Crippen LogP contribution >= 0.6 is 11.6 Å². The summed E-state index contributed by atoms with van der Waals surface area (Å²) >= 11 is 5.93. The summed E-state index contributed by atoms with van der Waals surface area (Å²) in [6.07, 6.45) is 3.79. The van der Waals surface area contributed by atoms with E-state index in [1.165, 1.54) is 12.3 Å². The summed E-state index contributed by atoms with van der Waals surface area (Å²) < 4.78 is 53.5. The number of rotatable bonds is 4. The molecule has 0 aromatic heterocycles. The maximum absolute atomic E-state index is 12.7. The number of hydrogen-bond acceptors (Lipinski definition) is 4. The average Bonchev–Trinajstić information content (AvgIpc) is 2.74. The zero-order chi connectivity index (χ0) is 17.7. The Morgan fingerprint density at radius 2 is 1.71 bits per heavy atom. The maximum Gasteiger partial charge on any atom is 0.241 e. The number of hydrogen-bond donors (Lipinski definition) is 1. The molecule has 6 nitrogen and oxygen atoms in total. The van der Waals surface area contributed by atoms with Gasteiger partial charge in [0.1, 0.15) is 0 Å². The van der Waals surface area contributed by atoms with Crippen molar-refractivity contribution in [3.8, 4) is 0 Å². The number of nitrogens with one attached hydrogen (secondary N) is 1. The number of benzene rings is 1. The van der Waals surface area contributed by atoms with Gasteiger partial charge in [-0.1, -0.05) is 17.7 Å². The molecule has 9 heteroatoms. The summed E-state index contributed by atoms with van der Waals surface area (Å²) in [6.45, 7) is 1.72. The Balaban J connectivity index is 1.80. The van der Waals surface area contributed by atoms with Crippen LogP contribution in [0.2, 0.25) is 5.02 Å². The molecule has 0 radical (unpaired) electrons. The molecule has 1 N–H and O–H groups in total. The van der Waals surface area contributed by atoms with E-state index in [1.54, 1.807) is 23.4 Å². The van der Waals surface area contributed by atoms with Crippen LogP contribution in [0.5, 0.6) is 0 Å². The van der Waals surface area contributed by atoms with Crippen molar-refractivity contribution in [1.82, 2.24) is 9.03 Å². The molecule has 2 aliphatic heterocycles. The number of nitrogens with zero attached hydrogens (tertiary/aromatic N) is 1. The first-order chi connectivity index (χ1) is 11.1. The monoisotopic (exact) mass is 392 g/mol. The zero-order valence-corrected chi connectivity index (χ0v) is 16.0. The van der Waals surface area contributed by atoms with Gasteiger partial charge in [-0.3, -0.25) is 0 Å². The van der Waals surface area contributed by atoms with Gasteiger partial charge in [-0.15, -0.1) is 0 Å². The minimum atomic E-state index is -3.69. The summed E-state index contributed by atoms with van der Waals surface area (Å²) in [4.78, 5) is 0.174. The number of halogens is 1. The highest BCUT2D eigenvalue weighted by atomic mass is 35.5. The van der Waals surface area contributed by atoms with Gasteiger partial charge in [0, 0.05) is 23.1 Å². The number of aryl methyl sites for hydroxylation is 1. The Labute approximate surface area is 148 Å². The summed E-state index contributed by atoms with van der Waals surface area (Å²) in [7, 11) is -6.94. The van der Waals surface area contributed by atoms with Crippen molar-refractivity contribution in [1.29, 1.82) is 0 Å². The molecule has 2 saturated heterocycles. The molecule has 2 aliphatic rings. The fraction of sp³-hybridized carbons (Fsp3) is 0.600. The SMILES string of the molecule is Cc1ccc(Cl)cc1S(=O)(=O)NC1C[C@H]2CC[C@@H](C1)N2S(C)(=O)=O. The Bertz CT molecular complexity index is 840. The van der Waals surface area contributed by atoms with Crippen LogP contribution in [0.1, 0.15) is 31.2 Å². The summed E-state index contributed by atoms with van der Waals surface area (Å²) in [5.41, 5.74) is 0.628. The summed E-state index contributed by atoms with van der Waals surface area (Å²) in [5, 5.41) is 0.368. The molecular formula is C15H21ClN2O4S2. The molecule has 2 heterocycles. The van der Waals surface area contributed by atoms with E-state index < -0.39 is 20.0 Å². The van der Waals surface area contributed by atoms with Gasteiger partial charge in [-0.2, -0.15) is 4.31 Å². The van der Waals surface area contributed by atoms with Crippen LogP contribution in [0.25, 0.3) is 0 Å². The lowest BCUT2D eigenvalue weighted by Crippen LogP contribution is -2.52. The highest BCUT2D eigenvalue weighted by molar-refractivity contribution is 7.89. The second-order valence-electron chi connectivity index (χ2n) is 6.68. The normalized spacial score (nSPS) is 28.2. The Kier molecular flexibility index (Phi) is 4.72. The first-order valence-electron chi connectivity index (χ1n) is 7.85. The van der Waals surface area contributed by atoms with E-state index in [1.807, 2.05) is 0 Å². The fourth-order valence-electron chi connectivity index (χ4n) is 3.92. The average molecular weight is 393 g/mol. The van der Waals surface area contributed by atoms with Crippen molar-refractivity contribution in [3.63, 3.8) is 0 Å². The quantitative estimate of drug-likeness (QED) is 0.847. The maximum atomic E-state index is 12.7. The standard InChI is InChI=1S/C15H21ClN2O4S2/c1-10-3-4-11(16)7-15(10)24(21,22)17-12-8-13-5-6-14(9-12)18(13)23(2,19)20/h3-4,7,12-14,17H,5-6,8-9H2,1-2H3/t12?,13-,14+. The van der Waals surface area contributed by atoms with Crippen molar-refractivity contribution >= 4 is 31.6 Å². The van der Waals surface area contributed by atoms with Crippen molar-refractivity contribution in [3.05, 3.63) is 28.8 Å². The second-order valence-corrected chi connectivity index (χ2v) is 10.7. The van der Waals surface area contributed by atoms with E-state index >= 15 is 0 Å². The lowest BCUT2D eigenvalue weighted by molar-refractivity contribution is 0.221. The molecule has 2 fully saturated rings. The van der Waals surface area contributed by atoms with Gasteiger partial charge in [-0.05, 0) is 50.3 Å². The van der Waals surface area contributed by atoms with E-state index in [0.717, 1.165) is 12.8 Å². The van der Waals surface area contributed by atoms with E-state index in [4.69, 9.17) is 11.6 Å². The predicted octanol–water partition coefficient (Wildman–Crippen LogP) is 1.88. The van der Waals surface area contributed by atoms with Crippen molar-refractivity contribution < 1.29 is 16.8 Å². The van der Waals surface area contributed by atoms with Gasteiger partial charge in [0.2, 0.25) is 20.0 Å². The third-order valence-electron chi connectivity index (χ3n) is 4.81. The lowest BCUT2D eigenvalue weighted by atomic mass is 10.0. The third-order valence-corrected chi connectivity index (χ3v) is 8.07. The molecule has 0 spiro atoms. The predicted molar refractivity (Wildman–Crippen MR) is 93.0 cm³/mol. The summed E-state index contributed by atoms with van der Waals surface area (Å²) in [6, 6.07) is 4.27. The zero-order valence-electron chi connectivity index (χ0n) is 13.6. The Hall–Kier alpha value is -0.670. The van der Waals surface area contributed by atoms with E-state index in [2.05, 4.69) is 4.72 Å². The van der Waals surface area contributed by atoms with Crippen LogP contribution in [0.3, 0.4) is 0 Å². The molecule has 1 aromatic rings. The molecular weight excluding hydrogens is 372 g/mol. The van der Waals surface area contributed by atoms with Crippen LogP contribution in [0.4, 0.5) is 0 Å². The minimum absolute atomic E-state index is 0.119.